The molecule has 1 aromatic rings. The van der Waals surface area contributed by atoms with E-state index in [0.29, 0.717) is 5.41 Å². The monoisotopic (exact) mass is 290 g/mol. The van der Waals surface area contributed by atoms with Crippen LogP contribution < -0.4 is 5.73 Å². The van der Waals surface area contributed by atoms with E-state index in [-0.39, 0.29) is 0 Å². The Labute approximate surface area is 131 Å². The summed E-state index contributed by atoms with van der Waals surface area (Å²) >= 11 is 0. The second-order valence-corrected chi connectivity index (χ2v) is 7.32. The topological polar surface area (TPSA) is 29.3 Å². The first-order valence-electron chi connectivity index (χ1n) is 8.36. The van der Waals surface area contributed by atoms with E-state index in [0.717, 1.165) is 31.8 Å². The third-order valence-electron chi connectivity index (χ3n) is 4.46. The first kappa shape index (κ1) is 18.2. The molecule has 0 radical (unpaired) electrons. The van der Waals surface area contributed by atoms with Gasteiger partial charge in [-0.2, -0.15) is 0 Å². The van der Waals surface area contributed by atoms with Crippen LogP contribution in [-0.4, -0.2) is 31.6 Å². The molecule has 0 heterocycles. The highest BCUT2D eigenvalue weighted by molar-refractivity contribution is 5.14. The van der Waals surface area contributed by atoms with Gasteiger partial charge in [-0.05, 0) is 62.7 Å². The van der Waals surface area contributed by atoms with Crippen LogP contribution in [0, 0.1) is 11.3 Å². The van der Waals surface area contributed by atoms with E-state index in [1.54, 1.807) is 0 Å². The van der Waals surface area contributed by atoms with E-state index in [2.05, 4.69) is 63.1 Å². The standard InChI is InChI=1S/C19H34N2/c1-19(2,3)18(12-14-20)11-8-15-21(4)16-13-17-9-6-5-7-10-17/h5-7,9-10,18H,8,11-16,20H2,1-4H3. The fraction of sp³-hybridized carbons (Fsp3) is 0.684. The van der Waals surface area contributed by atoms with Crippen molar-refractivity contribution in [3.8, 4) is 0 Å². The van der Waals surface area contributed by atoms with Crippen LogP contribution in [0.25, 0.3) is 0 Å². The van der Waals surface area contributed by atoms with Gasteiger partial charge in [-0.25, -0.2) is 0 Å². The molecule has 1 aromatic carbocycles. The van der Waals surface area contributed by atoms with E-state index in [4.69, 9.17) is 5.73 Å². The van der Waals surface area contributed by atoms with Crippen molar-refractivity contribution in [2.24, 2.45) is 17.1 Å². The largest absolute Gasteiger partial charge is 0.330 e. The minimum atomic E-state index is 0.377. The predicted molar refractivity (Wildman–Crippen MR) is 93.5 cm³/mol. The lowest BCUT2D eigenvalue weighted by Crippen LogP contribution is -2.26. The summed E-state index contributed by atoms with van der Waals surface area (Å²) in [5.41, 5.74) is 7.57. The van der Waals surface area contributed by atoms with Gasteiger partial charge in [0.15, 0.2) is 0 Å². The molecule has 0 aliphatic rings. The van der Waals surface area contributed by atoms with Crippen molar-refractivity contribution in [2.45, 2.75) is 46.5 Å². The fourth-order valence-corrected chi connectivity index (χ4v) is 2.90. The highest BCUT2D eigenvalue weighted by Gasteiger charge is 2.23. The minimum absolute atomic E-state index is 0.377. The van der Waals surface area contributed by atoms with E-state index in [1.807, 2.05) is 0 Å². The lowest BCUT2D eigenvalue weighted by molar-refractivity contribution is 0.200. The highest BCUT2D eigenvalue weighted by atomic mass is 15.1. The number of hydrogen-bond acceptors (Lipinski definition) is 2. The second kappa shape index (κ2) is 9.22. The van der Waals surface area contributed by atoms with Gasteiger partial charge >= 0.3 is 0 Å². The molecule has 21 heavy (non-hydrogen) atoms. The third-order valence-corrected chi connectivity index (χ3v) is 4.46. The summed E-state index contributed by atoms with van der Waals surface area (Å²) in [6, 6.07) is 10.7. The Morgan fingerprint density at radius 2 is 1.71 bits per heavy atom. The van der Waals surface area contributed by atoms with Gasteiger partial charge < -0.3 is 10.6 Å². The summed E-state index contributed by atoms with van der Waals surface area (Å²) in [5.74, 6) is 0.741. The molecule has 2 N–H and O–H groups in total. The maximum Gasteiger partial charge on any atom is 0.00188 e. The van der Waals surface area contributed by atoms with E-state index >= 15 is 0 Å². The Morgan fingerprint density at radius 3 is 2.29 bits per heavy atom. The van der Waals surface area contributed by atoms with E-state index < -0.39 is 0 Å². The molecule has 0 saturated heterocycles. The lowest BCUT2D eigenvalue weighted by atomic mass is 9.76. The Morgan fingerprint density at radius 1 is 1.05 bits per heavy atom. The van der Waals surface area contributed by atoms with Gasteiger partial charge in [0.1, 0.15) is 0 Å². The van der Waals surface area contributed by atoms with Crippen LogP contribution >= 0.6 is 0 Å². The van der Waals surface area contributed by atoms with Gasteiger partial charge in [-0.1, -0.05) is 51.1 Å². The van der Waals surface area contributed by atoms with Crippen LogP contribution in [0.15, 0.2) is 30.3 Å². The van der Waals surface area contributed by atoms with Gasteiger partial charge in [0.25, 0.3) is 0 Å². The summed E-state index contributed by atoms with van der Waals surface area (Å²) in [4.78, 5) is 2.45. The van der Waals surface area contributed by atoms with Gasteiger partial charge in [0, 0.05) is 6.54 Å². The summed E-state index contributed by atoms with van der Waals surface area (Å²) < 4.78 is 0. The molecule has 0 spiro atoms. The van der Waals surface area contributed by atoms with Gasteiger partial charge in [-0.15, -0.1) is 0 Å². The van der Waals surface area contributed by atoms with Gasteiger partial charge in [0.05, 0.1) is 0 Å². The second-order valence-electron chi connectivity index (χ2n) is 7.32. The number of hydrogen-bond donors (Lipinski definition) is 1. The summed E-state index contributed by atoms with van der Waals surface area (Å²) in [6.45, 7) is 10.2. The number of nitrogens with two attached hydrogens (primary N) is 1. The summed E-state index contributed by atoms with van der Waals surface area (Å²) in [6.07, 6.45) is 4.85. The molecule has 0 fully saturated rings. The van der Waals surface area contributed by atoms with Crippen LogP contribution in [0.3, 0.4) is 0 Å². The zero-order chi connectivity index (χ0) is 15.7. The van der Waals surface area contributed by atoms with Crippen molar-refractivity contribution in [3.05, 3.63) is 35.9 Å². The smallest absolute Gasteiger partial charge is 0.00188 e. The fourth-order valence-electron chi connectivity index (χ4n) is 2.90. The number of likely N-dealkylation sites (N-methyl/N-ethyl adjacent to an activating group) is 1. The quantitative estimate of drug-likeness (QED) is 0.746. The van der Waals surface area contributed by atoms with E-state index in [1.165, 1.54) is 24.9 Å². The molecule has 0 amide bonds. The maximum absolute atomic E-state index is 5.76. The zero-order valence-corrected chi connectivity index (χ0v) is 14.4. The number of nitrogens with zero attached hydrogens (tertiary/aromatic N) is 1. The van der Waals surface area contributed by atoms with Crippen LogP contribution in [0.2, 0.25) is 0 Å². The molecule has 120 valence electrons. The summed E-state index contributed by atoms with van der Waals surface area (Å²) in [5, 5.41) is 0. The Hall–Kier alpha value is -0.860. The van der Waals surface area contributed by atoms with Crippen LogP contribution in [0.1, 0.15) is 45.6 Å². The van der Waals surface area contributed by atoms with E-state index in [9.17, 15) is 0 Å². The first-order chi connectivity index (χ1) is 9.93. The van der Waals surface area contributed by atoms with Crippen molar-refractivity contribution in [2.75, 3.05) is 26.7 Å². The van der Waals surface area contributed by atoms with Crippen LogP contribution in [-0.2, 0) is 6.42 Å². The maximum atomic E-state index is 5.76. The average Bonchev–Trinajstić information content (AvgIpc) is 2.44. The molecule has 1 rings (SSSR count). The Balaban J connectivity index is 2.24. The lowest BCUT2D eigenvalue weighted by Gasteiger charge is -2.31. The molecule has 1 unspecified atom stereocenters. The molecule has 0 aliphatic carbocycles. The minimum Gasteiger partial charge on any atom is -0.330 e. The molecule has 0 bridgehead atoms. The number of rotatable bonds is 9. The van der Waals surface area contributed by atoms with Crippen LogP contribution in [0.5, 0.6) is 0 Å². The first-order valence-corrected chi connectivity index (χ1v) is 8.36. The molecule has 1 atom stereocenters. The molecule has 0 aliphatic heterocycles. The molecular formula is C19H34N2. The predicted octanol–water partition coefficient (Wildman–Crippen LogP) is 3.95. The van der Waals surface area contributed by atoms with Gasteiger partial charge in [0.2, 0.25) is 0 Å². The van der Waals surface area contributed by atoms with Crippen LogP contribution in [0.4, 0.5) is 0 Å². The molecule has 2 nitrogen and oxygen atoms in total. The molecule has 2 heteroatoms. The Bertz CT molecular complexity index is 367. The average molecular weight is 290 g/mol. The van der Waals surface area contributed by atoms with Gasteiger partial charge in [-0.3, -0.25) is 0 Å². The normalized spacial score (nSPS) is 13.6. The molecule has 0 aromatic heterocycles. The van der Waals surface area contributed by atoms with Crippen molar-refractivity contribution < 1.29 is 0 Å². The van der Waals surface area contributed by atoms with Crippen molar-refractivity contribution >= 4 is 0 Å². The van der Waals surface area contributed by atoms with Crippen molar-refractivity contribution in [1.29, 1.82) is 0 Å². The SMILES string of the molecule is CN(CCCC(CCN)C(C)(C)C)CCc1ccccc1. The summed E-state index contributed by atoms with van der Waals surface area (Å²) in [7, 11) is 2.23. The third kappa shape index (κ3) is 7.63. The molecular weight excluding hydrogens is 256 g/mol. The molecule has 0 saturated carbocycles. The van der Waals surface area contributed by atoms with Crippen molar-refractivity contribution in [3.63, 3.8) is 0 Å². The van der Waals surface area contributed by atoms with Crippen molar-refractivity contribution in [1.82, 2.24) is 4.90 Å². The highest BCUT2D eigenvalue weighted by Crippen LogP contribution is 2.32. The zero-order valence-electron chi connectivity index (χ0n) is 14.4. The number of benzene rings is 1. The Kier molecular flexibility index (Phi) is 7.98.